The molecule has 0 radical (unpaired) electrons. The summed E-state index contributed by atoms with van der Waals surface area (Å²) in [5, 5.41) is 11.0. The van der Waals surface area contributed by atoms with Crippen LogP contribution in [0.2, 0.25) is 0 Å². The number of imide groups is 1. The molecule has 0 atom stereocenters. The topological polar surface area (TPSA) is 107 Å². The van der Waals surface area contributed by atoms with Gasteiger partial charge < -0.3 is 4.74 Å². The Morgan fingerprint density at radius 1 is 1.12 bits per heavy atom. The van der Waals surface area contributed by atoms with Gasteiger partial charge in [0, 0.05) is 17.7 Å². The van der Waals surface area contributed by atoms with E-state index in [0.29, 0.717) is 0 Å². The second-order valence-electron chi connectivity index (χ2n) is 5.40. The van der Waals surface area contributed by atoms with Gasteiger partial charge in [-0.25, -0.2) is 0 Å². The SMILES string of the molecule is O=C(CCl)Oc1ccc([N+](=O)[O-])cc1CN1C(=O)c2ccccc2C1=O. The van der Waals surface area contributed by atoms with Crippen LogP contribution < -0.4 is 4.74 Å². The highest BCUT2D eigenvalue weighted by molar-refractivity contribution is 6.26. The number of hydrogen-bond donors (Lipinski definition) is 0. The minimum Gasteiger partial charge on any atom is -0.425 e. The zero-order chi connectivity index (χ0) is 18.8. The van der Waals surface area contributed by atoms with Crippen molar-refractivity contribution in [2.24, 2.45) is 0 Å². The highest BCUT2D eigenvalue weighted by Crippen LogP contribution is 2.30. The Balaban J connectivity index is 1.97. The number of ether oxygens (including phenoxy) is 1. The van der Waals surface area contributed by atoms with E-state index in [0.717, 1.165) is 17.0 Å². The number of benzene rings is 2. The molecule has 1 aliphatic heterocycles. The van der Waals surface area contributed by atoms with Gasteiger partial charge in [0.05, 0.1) is 22.6 Å². The lowest BCUT2D eigenvalue weighted by Crippen LogP contribution is -2.29. The Hall–Kier alpha value is -3.26. The molecule has 0 saturated carbocycles. The predicted octanol–water partition coefficient (Wildman–Crippen LogP) is 2.54. The lowest BCUT2D eigenvalue weighted by Gasteiger charge is -2.16. The molecular weight excluding hydrogens is 364 g/mol. The van der Waals surface area contributed by atoms with Crippen molar-refractivity contribution in [3.05, 3.63) is 69.3 Å². The third kappa shape index (κ3) is 3.14. The van der Waals surface area contributed by atoms with Gasteiger partial charge in [-0.1, -0.05) is 12.1 Å². The van der Waals surface area contributed by atoms with E-state index in [4.69, 9.17) is 16.3 Å². The fraction of sp³-hybridized carbons (Fsp3) is 0.118. The molecule has 1 heterocycles. The Morgan fingerprint density at radius 2 is 1.73 bits per heavy atom. The Labute approximate surface area is 152 Å². The summed E-state index contributed by atoms with van der Waals surface area (Å²) in [6.45, 7) is -0.279. The average molecular weight is 375 g/mol. The van der Waals surface area contributed by atoms with Crippen LogP contribution in [0.3, 0.4) is 0 Å². The number of esters is 1. The number of rotatable bonds is 5. The van der Waals surface area contributed by atoms with Crippen molar-refractivity contribution in [1.29, 1.82) is 0 Å². The summed E-state index contributed by atoms with van der Waals surface area (Å²) < 4.78 is 5.04. The van der Waals surface area contributed by atoms with Crippen LogP contribution in [0.25, 0.3) is 0 Å². The van der Waals surface area contributed by atoms with E-state index in [2.05, 4.69) is 0 Å². The fourth-order valence-electron chi connectivity index (χ4n) is 2.61. The van der Waals surface area contributed by atoms with E-state index >= 15 is 0 Å². The van der Waals surface area contributed by atoms with E-state index in [1.807, 2.05) is 0 Å². The lowest BCUT2D eigenvalue weighted by atomic mass is 10.1. The largest absolute Gasteiger partial charge is 0.425 e. The molecule has 0 fully saturated rings. The molecule has 2 amide bonds. The van der Waals surface area contributed by atoms with Gasteiger partial charge in [-0.2, -0.15) is 0 Å². The van der Waals surface area contributed by atoms with Gasteiger partial charge in [-0.05, 0) is 18.2 Å². The van der Waals surface area contributed by atoms with E-state index < -0.39 is 28.6 Å². The van der Waals surface area contributed by atoms with Gasteiger partial charge in [0.2, 0.25) is 0 Å². The van der Waals surface area contributed by atoms with Gasteiger partial charge in [0.1, 0.15) is 11.6 Å². The maximum absolute atomic E-state index is 12.5. The lowest BCUT2D eigenvalue weighted by molar-refractivity contribution is -0.384. The Morgan fingerprint density at radius 3 is 2.27 bits per heavy atom. The number of carbonyl (C=O) groups is 3. The number of nitro groups is 1. The molecule has 0 aliphatic carbocycles. The maximum atomic E-state index is 12.5. The van der Waals surface area contributed by atoms with Crippen molar-refractivity contribution in [3.8, 4) is 5.75 Å². The molecule has 9 heteroatoms. The summed E-state index contributed by atoms with van der Waals surface area (Å²) in [4.78, 5) is 47.7. The van der Waals surface area contributed by atoms with Crippen LogP contribution in [0.15, 0.2) is 42.5 Å². The number of alkyl halides is 1. The fourth-order valence-corrected chi connectivity index (χ4v) is 2.66. The van der Waals surface area contributed by atoms with Crippen molar-refractivity contribution in [1.82, 2.24) is 4.90 Å². The first-order valence-corrected chi connectivity index (χ1v) is 7.95. The molecule has 26 heavy (non-hydrogen) atoms. The van der Waals surface area contributed by atoms with E-state index in [1.54, 1.807) is 12.1 Å². The number of non-ortho nitro benzene ring substituents is 1. The number of amides is 2. The van der Waals surface area contributed by atoms with Crippen LogP contribution in [0.4, 0.5) is 5.69 Å². The van der Waals surface area contributed by atoms with Crippen molar-refractivity contribution >= 4 is 35.1 Å². The first kappa shape index (κ1) is 17.6. The van der Waals surface area contributed by atoms with E-state index in [-0.39, 0.29) is 34.7 Å². The molecule has 2 aromatic carbocycles. The minimum absolute atomic E-state index is 0.00203. The van der Waals surface area contributed by atoms with E-state index in [9.17, 15) is 24.5 Å². The number of fused-ring (bicyclic) bond motifs is 1. The molecule has 0 saturated heterocycles. The van der Waals surface area contributed by atoms with Crippen LogP contribution >= 0.6 is 11.6 Å². The molecule has 0 N–H and O–H groups in total. The van der Waals surface area contributed by atoms with Crippen LogP contribution in [0, 0.1) is 10.1 Å². The quantitative estimate of drug-likeness (QED) is 0.199. The third-order valence-corrected chi connectivity index (χ3v) is 4.01. The molecule has 3 rings (SSSR count). The summed E-state index contributed by atoms with van der Waals surface area (Å²) >= 11 is 5.41. The van der Waals surface area contributed by atoms with Crippen LogP contribution in [0.5, 0.6) is 5.75 Å². The van der Waals surface area contributed by atoms with Crippen LogP contribution in [-0.2, 0) is 11.3 Å². The standard InChI is InChI=1S/C17H11ClN2O6/c18-8-15(21)26-14-6-5-11(20(24)25)7-10(14)9-19-16(22)12-3-1-2-4-13(12)17(19)23/h1-7H,8-9H2. The number of nitrogens with zero attached hydrogens (tertiary/aromatic N) is 2. The summed E-state index contributed by atoms with van der Waals surface area (Å²) in [6.07, 6.45) is 0. The average Bonchev–Trinajstić information content (AvgIpc) is 2.88. The molecule has 0 spiro atoms. The minimum atomic E-state index is -0.760. The zero-order valence-electron chi connectivity index (χ0n) is 13.2. The highest BCUT2D eigenvalue weighted by Gasteiger charge is 2.35. The predicted molar refractivity (Wildman–Crippen MR) is 90.1 cm³/mol. The summed E-state index contributed by atoms with van der Waals surface area (Å²) in [6, 6.07) is 9.86. The van der Waals surface area contributed by atoms with Gasteiger partial charge in [0.25, 0.3) is 17.5 Å². The van der Waals surface area contributed by atoms with Gasteiger partial charge in [-0.15, -0.1) is 11.6 Å². The van der Waals surface area contributed by atoms with Crippen LogP contribution in [0.1, 0.15) is 26.3 Å². The first-order chi connectivity index (χ1) is 12.4. The van der Waals surface area contributed by atoms with E-state index in [1.165, 1.54) is 18.2 Å². The Kier molecular flexibility index (Phi) is 4.68. The van der Waals surface area contributed by atoms with Gasteiger partial charge >= 0.3 is 5.97 Å². The number of carbonyl (C=O) groups excluding carboxylic acids is 3. The molecule has 8 nitrogen and oxygen atoms in total. The highest BCUT2D eigenvalue weighted by atomic mass is 35.5. The van der Waals surface area contributed by atoms with Gasteiger partial charge in [0.15, 0.2) is 0 Å². The molecule has 132 valence electrons. The number of halogens is 1. The summed E-state index contributed by atoms with van der Waals surface area (Å²) in [5.74, 6) is -2.22. The second-order valence-corrected chi connectivity index (χ2v) is 5.67. The van der Waals surface area contributed by atoms with Crippen molar-refractivity contribution in [2.45, 2.75) is 6.54 Å². The third-order valence-electron chi connectivity index (χ3n) is 3.79. The number of nitro benzene ring substituents is 1. The molecule has 2 aromatic rings. The van der Waals surface area contributed by atoms with Crippen molar-refractivity contribution in [2.75, 3.05) is 5.88 Å². The second kappa shape index (κ2) is 6.93. The van der Waals surface area contributed by atoms with Crippen molar-refractivity contribution in [3.63, 3.8) is 0 Å². The number of hydrogen-bond acceptors (Lipinski definition) is 6. The molecule has 0 bridgehead atoms. The van der Waals surface area contributed by atoms with Crippen LogP contribution in [-0.4, -0.2) is 33.5 Å². The smallest absolute Gasteiger partial charge is 0.326 e. The zero-order valence-corrected chi connectivity index (χ0v) is 13.9. The van der Waals surface area contributed by atoms with Gasteiger partial charge in [-0.3, -0.25) is 29.4 Å². The molecular formula is C17H11ClN2O6. The summed E-state index contributed by atoms with van der Waals surface area (Å²) in [5.41, 5.74) is 0.388. The Bertz CT molecular complexity index is 908. The molecule has 0 aromatic heterocycles. The normalized spacial score (nSPS) is 12.9. The molecule has 1 aliphatic rings. The van der Waals surface area contributed by atoms with Crippen molar-refractivity contribution < 1.29 is 24.0 Å². The maximum Gasteiger partial charge on any atom is 0.326 e. The first-order valence-electron chi connectivity index (χ1n) is 7.41. The molecule has 0 unspecified atom stereocenters. The monoisotopic (exact) mass is 374 g/mol. The summed E-state index contributed by atoms with van der Waals surface area (Å²) in [7, 11) is 0.